The summed E-state index contributed by atoms with van der Waals surface area (Å²) in [6, 6.07) is 28.9. The van der Waals surface area contributed by atoms with E-state index in [1.807, 2.05) is 47.4 Å². The van der Waals surface area contributed by atoms with Gasteiger partial charge in [-0.2, -0.15) is 0 Å². The average molecular weight is 554 g/mol. The van der Waals surface area contributed by atoms with Crippen LogP contribution in [0, 0.1) is 0 Å². The molecule has 2 aliphatic rings. The molecule has 0 atom stereocenters. The Morgan fingerprint density at radius 1 is 0.810 bits per heavy atom. The van der Waals surface area contributed by atoms with Crippen LogP contribution in [0.3, 0.4) is 0 Å². The zero-order valence-electron chi connectivity index (χ0n) is 23.0. The summed E-state index contributed by atoms with van der Waals surface area (Å²) in [7, 11) is 0. The third kappa shape index (κ3) is 4.35. The van der Waals surface area contributed by atoms with Crippen LogP contribution in [0.4, 0.5) is 5.69 Å². The molecule has 7 rings (SSSR count). The number of anilines is 1. The summed E-state index contributed by atoms with van der Waals surface area (Å²) in [5.41, 5.74) is 5.01. The first kappa shape index (κ1) is 25.8. The number of pyridine rings is 1. The minimum atomic E-state index is -0.249. The summed E-state index contributed by atoms with van der Waals surface area (Å²) >= 11 is 0. The Balaban J connectivity index is 1.43. The molecule has 1 aromatic heterocycles. The van der Waals surface area contributed by atoms with Gasteiger partial charge in [0, 0.05) is 36.5 Å². The molecule has 1 fully saturated rings. The van der Waals surface area contributed by atoms with E-state index in [1.165, 1.54) is 11.8 Å². The van der Waals surface area contributed by atoms with Crippen molar-refractivity contribution < 1.29 is 19.1 Å². The van der Waals surface area contributed by atoms with Crippen molar-refractivity contribution in [1.82, 2.24) is 9.88 Å². The van der Waals surface area contributed by atoms with Gasteiger partial charge in [-0.3, -0.25) is 19.3 Å². The molecule has 3 heterocycles. The molecule has 2 amide bonds. The van der Waals surface area contributed by atoms with Crippen LogP contribution in [-0.2, 0) is 9.53 Å². The van der Waals surface area contributed by atoms with Gasteiger partial charge in [-0.1, -0.05) is 54.6 Å². The van der Waals surface area contributed by atoms with Crippen LogP contribution in [0.5, 0.6) is 0 Å². The molecular weight excluding hydrogens is 526 g/mol. The van der Waals surface area contributed by atoms with Gasteiger partial charge in [0.15, 0.2) is 0 Å². The smallest absolute Gasteiger partial charge is 0.254 e. The molecule has 0 N–H and O–H groups in total. The van der Waals surface area contributed by atoms with Gasteiger partial charge in [-0.25, -0.2) is 4.98 Å². The van der Waals surface area contributed by atoms with Crippen molar-refractivity contribution in [1.29, 1.82) is 0 Å². The van der Waals surface area contributed by atoms with Gasteiger partial charge in [0.1, 0.15) is 0 Å². The maximum absolute atomic E-state index is 13.4. The standard InChI is InChI=1S/C35H27N3O4/c1-22(39)38-32-12-5-4-10-28(32)34(40)33(38)21-25-20-29(27-11-6-8-23-7-2-3-9-26(23)27)30-19-24(13-14-31(30)36-25)35(41)37-15-17-42-18-16-37/h2-14,19-21H,15-18H2,1H3/b33-21-. The van der Waals surface area contributed by atoms with Gasteiger partial charge in [-0.05, 0) is 64.4 Å². The van der Waals surface area contributed by atoms with E-state index in [-0.39, 0.29) is 23.3 Å². The van der Waals surface area contributed by atoms with Crippen LogP contribution in [0.2, 0.25) is 0 Å². The number of ether oxygens (including phenoxy) is 1. The first-order chi connectivity index (χ1) is 20.5. The average Bonchev–Trinajstić information content (AvgIpc) is 3.31. The molecule has 0 radical (unpaired) electrons. The third-order valence-corrected chi connectivity index (χ3v) is 7.92. The Bertz CT molecular complexity index is 1950. The van der Waals surface area contributed by atoms with Gasteiger partial charge in [-0.15, -0.1) is 0 Å². The lowest BCUT2D eigenvalue weighted by atomic mass is 9.94. The number of ketones is 1. The summed E-state index contributed by atoms with van der Waals surface area (Å²) in [5.74, 6) is -0.511. The summed E-state index contributed by atoms with van der Waals surface area (Å²) in [6.07, 6.45) is 1.69. The van der Waals surface area contributed by atoms with Crippen LogP contribution in [-0.4, -0.2) is 53.8 Å². The van der Waals surface area contributed by atoms with Gasteiger partial charge >= 0.3 is 0 Å². The topological polar surface area (TPSA) is 79.8 Å². The second-order valence-electron chi connectivity index (χ2n) is 10.5. The highest BCUT2D eigenvalue weighted by molar-refractivity contribution is 6.26. The second kappa shape index (κ2) is 10.4. The number of fused-ring (bicyclic) bond motifs is 3. The molecule has 42 heavy (non-hydrogen) atoms. The van der Waals surface area contributed by atoms with Crippen LogP contribution in [0.25, 0.3) is 38.9 Å². The number of benzene rings is 4. The summed E-state index contributed by atoms with van der Waals surface area (Å²) in [6.45, 7) is 3.62. The molecule has 0 bridgehead atoms. The van der Waals surface area contributed by atoms with Gasteiger partial charge in [0.25, 0.3) is 5.91 Å². The molecule has 206 valence electrons. The van der Waals surface area contributed by atoms with Crippen molar-refractivity contribution >= 4 is 51.0 Å². The Labute approximate surface area is 242 Å². The molecule has 5 aromatic rings. The molecule has 0 spiro atoms. The second-order valence-corrected chi connectivity index (χ2v) is 10.5. The van der Waals surface area contributed by atoms with E-state index in [0.717, 1.165) is 27.3 Å². The van der Waals surface area contributed by atoms with Crippen LogP contribution in [0.15, 0.2) is 96.7 Å². The van der Waals surface area contributed by atoms with E-state index in [9.17, 15) is 14.4 Å². The van der Waals surface area contributed by atoms with E-state index in [0.29, 0.717) is 54.3 Å². The van der Waals surface area contributed by atoms with Crippen molar-refractivity contribution in [3.63, 3.8) is 0 Å². The predicted octanol–water partition coefficient (Wildman–Crippen LogP) is 6.12. The number of morpholine rings is 1. The normalized spacial score (nSPS) is 15.9. The van der Waals surface area contributed by atoms with Crippen LogP contribution < -0.4 is 4.90 Å². The number of allylic oxidation sites excluding steroid dienone is 1. The number of hydrogen-bond acceptors (Lipinski definition) is 5. The molecule has 7 nitrogen and oxygen atoms in total. The van der Waals surface area contributed by atoms with Gasteiger partial charge < -0.3 is 9.64 Å². The number of nitrogens with zero attached hydrogens (tertiary/aromatic N) is 3. The number of Topliss-reactive ketones (excluding diaryl/α,β-unsaturated/α-hetero) is 1. The van der Waals surface area contributed by atoms with Crippen LogP contribution >= 0.6 is 0 Å². The number of rotatable bonds is 3. The fourth-order valence-corrected chi connectivity index (χ4v) is 5.92. The monoisotopic (exact) mass is 553 g/mol. The minimum Gasteiger partial charge on any atom is -0.378 e. The number of carbonyl (C=O) groups excluding carboxylic acids is 3. The molecule has 2 aliphatic heterocycles. The Hall–Kier alpha value is -5.14. The van der Waals surface area contributed by atoms with Crippen molar-refractivity contribution in [3.8, 4) is 11.1 Å². The fourth-order valence-electron chi connectivity index (χ4n) is 5.92. The molecule has 0 unspecified atom stereocenters. The van der Waals surface area contributed by atoms with E-state index in [1.54, 1.807) is 30.3 Å². The zero-order chi connectivity index (χ0) is 28.8. The fraction of sp³-hybridized carbons (Fsp3) is 0.143. The van der Waals surface area contributed by atoms with Crippen LogP contribution in [0.1, 0.15) is 33.3 Å². The molecule has 0 saturated carbocycles. The highest BCUT2D eigenvalue weighted by atomic mass is 16.5. The molecule has 0 aliphatic carbocycles. The molecule has 1 saturated heterocycles. The number of carbonyl (C=O) groups is 3. The molecular formula is C35H27N3O4. The quantitative estimate of drug-likeness (QED) is 0.252. The lowest BCUT2D eigenvalue weighted by molar-refractivity contribution is -0.116. The maximum Gasteiger partial charge on any atom is 0.254 e. The summed E-state index contributed by atoms with van der Waals surface area (Å²) < 4.78 is 5.43. The minimum absolute atomic E-state index is 0.0401. The van der Waals surface area contributed by atoms with Crippen molar-refractivity contribution in [2.24, 2.45) is 0 Å². The molecule has 7 heteroatoms. The maximum atomic E-state index is 13.4. The van der Waals surface area contributed by atoms with Crippen molar-refractivity contribution in [2.75, 3.05) is 31.2 Å². The first-order valence-electron chi connectivity index (χ1n) is 14.0. The molecule has 4 aromatic carbocycles. The lowest BCUT2D eigenvalue weighted by Gasteiger charge is -2.27. The lowest BCUT2D eigenvalue weighted by Crippen LogP contribution is -2.40. The number of amides is 2. The first-order valence-corrected chi connectivity index (χ1v) is 14.0. The Morgan fingerprint density at radius 3 is 2.38 bits per heavy atom. The Morgan fingerprint density at radius 2 is 1.55 bits per heavy atom. The SMILES string of the molecule is CC(=O)N1/C(=C\c2cc(-c3cccc4ccccc34)c3cc(C(=O)N4CCOCC4)ccc3n2)C(=O)c2ccccc21. The largest absolute Gasteiger partial charge is 0.378 e. The van der Waals surface area contributed by atoms with Crippen molar-refractivity contribution in [3.05, 3.63) is 114 Å². The summed E-state index contributed by atoms with van der Waals surface area (Å²) in [5, 5.41) is 2.98. The van der Waals surface area contributed by atoms with Crippen molar-refractivity contribution in [2.45, 2.75) is 6.92 Å². The zero-order valence-corrected chi connectivity index (χ0v) is 23.0. The van der Waals surface area contributed by atoms with Gasteiger partial charge in [0.05, 0.1) is 35.8 Å². The Kier molecular flexibility index (Phi) is 6.36. The number of para-hydroxylation sites is 1. The summed E-state index contributed by atoms with van der Waals surface area (Å²) in [4.78, 5) is 47.7. The number of hydrogen-bond donors (Lipinski definition) is 0. The highest BCUT2D eigenvalue weighted by Crippen LogP contribution is 2.38. The van der Waals surface area contributed by atoms with E-state index < -0.39 is 0 Å². The van der Waals surface area contributed by atoms with E-state index >= 15 is 0 Å². The van der Waals surface area contributed by atoms with E-state index in [4.69, 9.17) is 9.72 Å². The third-order valence-electron chi connectivity index (χ3n) is 7.92. The highest BCUT2D eigenvalue weighted by Gasteiger charge is 2.34. The predicted molar refractivity (Wildman–Crippen MR) is 163 cm³/mol. The number of aromatic nitrogens is 1. The van der Waals surface area contributed by atoms with Gasteiger partial charge in [0.2, 0.25) is 11.7 Å². The van der Waals surface area contributed by atoms with E-state index in [2.05, 4.69) is 24.3 Å².